The summed E-state index contributed by atoms with van der Waals surface area (Å²) in [4.78, 5) is 39.6. The Morgan fingerprint density at radius 3 is 2.80 bits per heavy atom. The second-order valence-corrected chi connectivity index (χ2v) is 6.55. The van der Waals surface area contributed by atoms with E-state index in [-0.39, 0.29) is 30.1 Å². The smallest absolute Gasteiger partial charge is 0.311 e. The lowest BCUT2D eigenvalue weighted by atomic mass is 10.2. The molecule has 0 aliphatic heterocycles. The molecule has 1 heterocycles. The van der Waals surface area contributed by atoms with Crippen LogP contribution in [-0.4, -0.2) is 29.9 Å². The molecule has 130 valence electrons. The summed E-state index contributed by atoms with van der Waals surface area (Å²) in [5.74, 6) is -0.630. The molecule has 2 N–H and O–H groups in total. The molecule has 1 saturated carbocycles. The van der Waals surface area contributed by atoms with Crippen LogP contribution in [0.2, 0.25) is 0 Å². The molecule has 8 heteroatoms. The third-order valence-electron chi connectivity index (χ3n) is 3.67. The van der Waals surface area contributed by atoms with E-state index in [1.807, 2.05) is 0 Å². The number of carbonyl (C=O) groups excluding carboxylic acids is 3. The molecular weight excluding hydrogens is 342 g/mol. The molecule has 2 aromatic rings. The Labute approximate surface area is 148 Å². The van der Waals surface area contributed by atoms with E-state index in [4.69, 9.17) is 0 Å². The molecule has 0 spiro atoms. The second kappa shape index (κ2) is 7.43. The number of esters is 1. The van der Waals surface area contributed by atoms with Crippen molar-refractivity contribution >= 4 is 39.9 Å². The molecule has 25 heavy (non-hydrogen) atoms. The maximum atomic E-state index is 12.3. The Morgan fingerprint density at radius 2 is 2.08 bits per heavy atom. The molecule has 0 bridgehead atoms. The van der Waals surface area contributed by atoms with Crippen molar-refractivity contribution in [2.24, 2.45) is 5.92 Å². The number of rotatable bonds is 6. The van der Waals surface area contributed by atoms with Crippen LogP contribution in [0.4, 0.5) is 10.8 Å². The van der Waals surface area contributed by atoms with Gasteiger partial charge in [0.25, 0.3) is 5.91 Å². The highest BCUT2D eigenvalue weighted by molar-refractivity contribution is 7.14. The van der Waals surface area contributed by atoms with Gasteiger partial charge in [0, 0.05) is 22.5 Å². The molecular formula is C17H17N3O4S. The van der Waals surface area contributed by atoms with Gasteiger partial charge in [0.05, 0.1) is 19.2 Å². The number of ether oxygens (including phenoxy) is 1. The van der Waals surface area contributed by atoms with Gasteiger partial charge in [-0.1, -0.05) is 6.07 Å². The molecule has 7 nitrogen and oxygen atoms in total. The third-order valence-corrected chi connectivity index (χ3v) is 4.47. The fourth-order valence-corrected chi connectivity index (χ4v) is 2.87. The van der Waals surface area contributed by atoms with Gasteiger partial charge in [-0.25, -0.2) is 4.98 Å². The largest absolute Gasteiger partial charge is 0.469 e. The number of hydrogen-bond donors (Lipinski definition) is 2. The number of aromatic nitrogens is 1. The first-order valence-electron chi connectivity index (χ1n) is 7.78. The monoisotopic (exact) mass is 359 g/mol. The highest BCUT2D eigenvalue weighted by Gasteiger charge is 2.29. The SMILES string of the molecule is COC(=O)Cc1csc(NC(=O)c2cccc(NC(=O)C3CC3)c2)n1. The Morgan fingerprint density at radius 1 is 1.28 bits per heavy atom. The molecule has 1 aromatic heterocycles. The summed E-state index contributed by atoms with van der Waals surface area (Å²) < 4.78 is 4.58. The molecule has 1 fully saturated rings. The highest BCUT2D eigenvalue weighted by Crippen LogP contribution is 2.30. The molecule has 0 atom stereocenters. The van der Waals surface area contributed by atoms with Gasteiger partial charge in [0.15, 0.2) is 5.13 Å². The van der Waals surface area contributed by atoms with E-state index in [0.29, 0.717) is 22.1 Å². The summed E-state index contributed by atoms with van der Waals surface area (Å²) in [6.07, 6.45) is 1.90. The summed E-state index contributed by atoms with van der Waals surface area (Å²) >= 11 is 1.23. The number of thiazole rings is 1. The topological polar surface area (TPSA) is 97.4 Å². The predicted octanol–water partition coefficient (Wildman–Crippen LogP) is 2.46. The van der Waals surface area contributed by atoms with Crippen molar-refractivity contribution in [3.05, 3.63) is 40.9 Å². The van der Waals surface area contributed by atoms with Crippen molar-refractivity contribution in [3.8, 4) is 0 Å². The minimum absolute atomic E-state index is 0.00932. The van der Waals surface area contributed by atoms with Crippen LogP contribution >= 0.6 is 11.3 Å². The molecule has 3 rings (SSSR count). The van der Waals surface area contributed by atoms with E-state index in [2.05, 4.69) is 20.4 Å². The molecule has 2 amide bonds. The van der Waals surface area contributed by atoms with Crippen LogP contribution in [-0.2, 0) is 20.7 Å². The van der Waals surface area contributed by atoms with Crippen LogP contribution in [0.5, 0.6) is 0 Å². The van der Waals surface area contributed by atoms with Crippen molar-refractivity contribution in [2.75, 3.05) is 17.7 Å². The zero-order chi connectivity index (χ0) is 17.8. The van der Waals surface area contributed by atoms with E-state index < -0.39 is 0 Å². The van der Waals surface area contributed by atoms with Crippen LogP contribution in [0.3, 0.4) is 0 Å². The lowest BCUT2D eigenvalue weighted by molar-refractivity contribution is -0.139. The standard InChI is InChI=1S/C17H17N3O4S/c1-24-14(21)8-13-9-25-17(19-13)20-16(23)11-3-2-4-12(7-11)18-15(22)10-5-6-10/h2-4,7,9-10H,5-6,8H2,1H3,(H,18,22)(H,19,20,23). The zero-order valence-electron chi connectivity index (χ0n) is 13.6. The zero-order valence-corrected chi connectivity index (χ0v) is 14.4. The number of carbonyl (C=O) groups is 3. The number of hydrogen-bond acceptors (Lipinski definition) is 6. The van der Waals surface area contributed by atoms with Gasteiger partial charge in [-0.2, -0.15) is 0 Å². The lowest BCUT2D eigenvalue weighted by Crippen LogP contribution is -2.15. The summed E-state index contributed by atoms with van der Waals surface area (Å²) in [7, 11) is 1.31. The second-order valence-electron chi connectivity index (χ2n) is 5.70. The average Bonchev–Trinajstić information content (AvgIpc) is 3.37. The van der Waals surface area contributed by atoms with Gasteiger partial charge >= 0.3 is 5.97 Å². The fourth-order valence-electron chi connectivity index (χ4n) is 2.16. The fraction of sp³-hybridized carbons (Fsp3) is 0.294. The van der Waals surface area contributed by atoms with Crippen LogP contribution in [0, 0.1) is 5.92 Å². The maximum absolute atomic E-state index is 12.3. The summed E-state index contributed by atoms with van der Waals surface area (Å²) in [5.41, 5.74) is 1.55. The first kappa shape index (κ1) is 17.1. The van der Waals surface area contributed by atoms with E-state index in [9.17, 15) is 14.4 Å². The summed E-state index contributed by atoms with van der Waals surface area (Å²) in [5, 5.41) is 7.59. The van der Waals surface area contributed by atoms with Crippen molar-refractivity contribution in [1.29, 1.82) is 0 Å². The van der Waals surface area contributed by atoms with Gasteiger partial charge < -0.3 is 10.1 Å². The Balaban J connectivity index is 1.62. The average molecular weight is 359 g/mol. The van der Waals surface area contributed by atoms with Gasteiger partial charge in [-0.3, -0.25) is 19.7 Å². The van der Waals surface area contributed by atoms with Crippen LogP contribution in [0.15, 0.2) is 29.6 Å². The van der Waals surface area contributed by atoms with Gasteiger partial charge in [0.1, 0.15) is 0 Å². The van der Waals surface area contributed by atoms with E-state index in [1.54, 1.807) is 29.6 Å². The molecule has 1 aliphatic carbocycles. The van der Waals surface area contributed by atoms with Gasteiger partial charge in [-0.05, 0) is 31.0 Å². The summed E-state index contributed by atoms with van der Waals surface area (Å²) in [6, 6.07) is 6.74. The van der Waals surface area contributed by atoms with Crippen molar-refractivity contribution in [2.45, 2.75) is 19.3 Å². The Kier molecular flexibility index (Phi) is 5.08. The first-order valence-corrected chi connectivity index (χ1v) is 8.66. The number of methoxy groups -OCH3 is 1. The number of amides is 2. The number of benzene rings is 1. The van der Waals surface area contributed by atoms with E-state index >= 15 is 0 Å². The van der Waals surface area contributed by atoms with E-state index in [1.165, 1.54) is 18.4 Å². The van der Waals surface area contributed by atoms with Crippen LogP contribution in [0.25, 0.3) is 0 Å². The molecule has 1 aromatic carbocycles. The number of nitrogens with zero attached hydrogens (tertiary/aromatic N) is 1. The molecule has 0 radical (unpaired) electrons. The number of anilines is 2. The van der Waals surface area contributed by atoms with Crippen LogP contribution < -0.4 is 10.6 Å². The minimum atomic E-state index is -0.387. The number of nitrogens with one attached hydrogen (secondary N) is 2. The first-order chi connectivity index (χ1) is 12.0. The van der Waals surface area contributed by atoms with E-state index in [0.717, 1.165) is 12.8 Å². The molecule has 0 unspecified atom stereocenters. The summed E-state index contributed by atoms with van der Waals surface area (Å²) in [6.45, 7) is 0. The molecule has 0 saturated heterocycles. The third kappa shape index (κ3) is 4.63. The lowest BCUT2D eigenvalue weighted by Gasteiger charge is -2.07. The molecule has 1 aliphatic rings. The van der Waals surface area contributed by atoms with Crippen molar-refractivity contribution in [1.82, 2.24) is 4.98 Å². The Bertz CT molecular complexity index is 814. The normalized spacial score (nSPS) is 13.2. The van der Waals surface area contributed by atoms with Crippen molar-refractivity contribution < 1.29 is 19.1 Å². The maximum Gasteiger partial charge on any atom is 0.311 e. The highest BCUT2D eigenvalue weighted by atomic mass is 32.1. The Hall–Kier alpha value is -2.74. The van der Waals surface area contributed by atoms with Gasteiger partial charge in [0.2, 0.25) is 5.91 Å². The minimum Gasteiger partial charge on any atom is -0.469 e. The van der Waals surface area contributed by atoms with Crippen LogP contribution in [0.1, 0.15) is 28.9 Å². The van der Waals surface area contributed by atoms with Gasteiger partial charge in [-0.15, -0.1) is 11.3 Å². The van der Waals surface area contributed by atoms with Crippen molar-refractivity contribution in [3.63, 3.8) is 0 Å². The predicted molar refractivity (Wildman–Crippen MR) is 93.6 cm³/mol. The quantitative estimate of drug-likeness (QED) is 0.772.